The van der Waals surface area contributed by atoms with E-state index >= 15 is 0 Å². The molecule has 0 bridgehead atoms. The number of ether oxygens (including phenoxy) is 1. The number of methoxy groups -OCH3 is 1. The minimum absolute atomic E-state index is 0.365. The maximum Gasteiger partial charge on any atom is 0.329 e. The van der Waals surface area contributed by atoms with Crippen molar-refractivity contribution in [3.8, 4) is 0 Å². The number of carbonyl (C=O) groups is 1. The average Bonchev–Trinajstić information content (AvgIpc) is 2.16. The van der Waals surface area contributed by atoms with Gasteiger partial charge in [-0.1, -0.05) is 6.58 Å². The number of esters is 1. The Balaban J connectivity index is 0. The van der Waals surface area contributed by atoms with E-state index in [0.717, 1.165) is 6.08 Å². The highest BCUT2D eigenvalue weighted by molar-refractivity contribution is 5.80. The molecule has 12 heavy (non-hydrogen) atoms. The van der Waals surface area contributed by atoms with Gasteiger partial charge in [0.25, 0.3) is 0 Å². The van der Waals surface area contributed by atoms with Gasteiger partial charge in [-0.3, -0.25) is 0 Å². The Morgan fingerprint density at radius 1 is 1.58 bits per heavy atom. The van der Waals surface area contributed by atoms with Gasteiger partial charge in [0.05, 0.1) is 20.3 Å². The highest BCUT2D eigenvalue weighted by atomic mass is 16.5. The van der Waals surface area contributed by atoms with Crippen LogP contribution in [0.4, 0.5) is 0 Å². The highest BCUT2D eigenvalue weighted by Crippen LogP contribution is 1.71. The third-order valence-corrected chi connectivity index (χ3v) is 0.789. The molecule has 0 aliphatic heterocycles. The van der Waals surface area contributed by atoms with E-state index in [1.54, 1.807) is 0 Å². The van der Waals surface area contributed by atoms with Crippen molar-refractivity contribution in [1.82, 2.24) is 0 Å². The molecule has 5 nitrogen and oxygen atoms in total. The second-order valence-corrected chi connectivity index (χ2v) is 1.75. The summed E-state index contributed by atoms with van der Waals surface area (Å²) < 4.78 is 4.14. The van der Waals surface area contributed by atoms with Gasteiger partial charge in [0.15, 0.2) is 0 Å². The lowest BCUT2D eigenvalue weighted by Crippen LogP contribution is -2.15. The van der Waals surface area contributed by atoms with Crippen LogP contribution in [-0.4, -0.2) is 47.7 Å². The van der Waals surface area contributed by atoms with E-state index in [9.17, 15) is 4.79 Å². The van der Waals surface area contributed by atoms with Gasteiger partial charge in [-0.05, 0) is 0 Å². The molecule has 0 saturated carbocycles. The van der Waals surface area contributed by atoms with Gasteiger partial charge in [0.2, 0.25) is 0 Å². The van der Waals surface area contributed by atoms with Gasteiger partial charge in [-0.25, -0.2) is 4.79 Å². The van der Waals surface area contributed by atoms with Crippen LogP contribution in [-0.2, 0) is 9.53 Å². The van der Waals surface area contributed by atoms with E-state index in [-0.39, 0.29) is 13.2 Å². The van der Waals surface area contributed by atoms with E-state index in [1.165, 1.54) is 7.11 Å². The number of aliphatic hydroxyl groups excluding tert-OH is 3. The Hall–Kier alpha value is -0.910. The first-order chi connectivity index (χ1) is 5.62. The summed E-state index contributed by atoms with van der Waals surface area (Å²) in [5, 5.41) is 24.0. The van der Waals surface area contributed by atoms with Crippen LogP contribution in [0.5, 0.6) is 0 Å². The number of rotatable bonds is 3. The number of hydrogen-bond donors (Lipinski definition) is 3. The lowest BCUT2D eigenvalue weighted by Gasteiger charge is -1.96. The standard InChI is InChI=1S/C4H6O2.C3H8O3/c1-3-4(5)6-2;4-1-3(6)2-5/h3H,1H2,2H3;3-6H,1-2H2. The van der Waals surface area contributed by atoms with Crippen molar-refractivity contribution >= 4 is 5.97 Å². The normalized spacial score (nSPS) is 8.42. The lowest BCUT2D eigenvalue weighted by molar-refractivity contribution is -0.134. The van der Waals surface area contributed by atoms with Gasteiger partial charge in [-0.2, -0.15) is 0 Å². The fraction of sp³-hybridized carbons (Fsp3) is 0.571. The monoisotopic (exact) mass is 178 g/mol. The largest absolute Gasteiger partial charge is 0.466 e. The van der Waals surface area contributed by atoms with Crippen LogP contribution in [0.3, 0.4) is 0 Å². The van der Waals surface area contributed by atoms with Gasteiger partial charge in [-0.15, -0.1) is 0 Å². The summed E-state index contributed by atoms with van der Waals surface area (Å²) in [7, 11) is 1.31. The molecular weight excluding hydrogens is 164 g/mol. The Labute approximate surface area is 70.9 Å². The predicted octanol–water partition coefficient (Wildman–Crippen LogP) is -1.32. The summed E-state index contributed by atoms with van der Waals surface area (Å²) in [5.74, 6) is -0.394. The summed E-state index contributed by atoms with van der Waals surface area (Å²) in [6, 6.07) is 0. The molecule has 5 heteroatoms. The second kappa shape index (κ2) is 10.1. The van der Waals surface area contributed by atoms with E-state index in [1.807, 2.05) is 0 Å². The zero-order chi connectivity index (χ0) is 9.98. The quantitative estimate of drug-likeness (QED) is 0.368. The van der Waals surface area contributed by atoms with Crippen LogP contribution in [0.2, 0.25) is 0 Å². The van der Waals surface area contributed by atoms with Crippen LogP contribution >= 0.6 is 0 Å². The fourth-order valence-electron chi connectivity index (χ4n) is 0.141. The van der Waals surface area contributed by atoms with Crippen LogP contribution in [0.15, 0.2) is 12.7 Å². The van der Waals surface area contributed by atoms with Crippen LogP contribution in [0.1, 0.15) is 0 Å². The minimum atomic E-state index is -0.954. The van der Waals surface area contributed by atoms with E-state index in [0.29, 0.717) is 0 Å². The van der Waals surface area contributed by atoms with Crippen molar-refractivity contribution in [3.63, 3.8) is 0 Å². The molecule has 0 unspecified atom stereocenters. The molecule has 0 radical (unpaired) electrons. The van der Waals surface area contributed by atoms with Crippen molar-refractivity contribution in [2.75, 3.05) is 20.3 Å². The second-order valence-electron chi connectivity index (χ2n) is 1.75. The summed E-state index contributed by atoms with van der Waals surface area (Å²) >= 11 is 0. The van der Waals surface area contributed by atoms with E-state index in [4.69, 9.17) is 15.3 Å². The van der Waals surface area contributed by atoms with Gasteiger partial charge in [0.1, 0.15) is 6.10 Å². The zero-order valence-corrected chi connectivity index (χ0v) is 6.93. The first-order valence-corrected chi connectivity index (χ1v) is 3.22. The first kappa shape index (κ1) is 13.7. The molecule has 3 N–H and O–H groups in total. The molecule has 0 amide bonds. The fourth-order valence-corrected chi connectivity index (χ4v) is 0.141. The third-order valence-electron chi connectivity index (χ3n) is 0.789. The molecule has 0 aromatic carbocycles. The number of hydrogen-bond acceptors (Lipinski definition) is 5. The molecule has 0 spiro atoms. The summed E-state index contributed by atoms with van der Waals surface area (Å²) in [5.41, 5.74) is 0. The lowest BCUT2D eigenvalue weighted by atomic mass is 10.4. The van der Waals surface area contributed by atoms with Crippen LogP contribution in [0.25, 0.3) is 0 Å². The summed E-state index contributed by atoms with van der Waals surface area (Å²) in [4.78, 5) is 9.84. The Kier molecular flexibility index (Phi) is 11.5. The molecule has 0 aromatic rings. The molecular formula is C7H14O5. The Morgan fingerprint density at radius 2 is 2.00 bits per heavy atom. The maximum atomic E-state index is 9.84. The predicted molar refractivity (Wildman–Crippen MR) is 42.4 cm³/mol. The van der Waals surface area contributed by atoms with E-state index < -0.39 is 12.1 Å². The molecule has 0 aromatic heterocycles. The van der Waals surface area contributed by atoms with Crippen molar-refractivity contribution in [2.24, 2.45) is 0 Å². The molecule has 0 heterocycles. The highest BCUT2D eigenvalue weighted by Gasteiger charge is 1.93. The maximum absolute atomic E-state index is 9.84. The molecule has 72 valence electrons. The summed E-state index contributed by atoms with van der Waals surface area (Å²) in [6.45, 7) is 2.43. The summed E-state index contributed by atoms with van der Waals surface area (Å²) in [6.07, 6.45) is 0.157. The van der Waals surface area contributed by atoms with Crippen LogP contribution < -0.4 is 0 Å². The molecule has 0 aliphatic rings. The van der Waals surface area contributed by atoms with Crippen molar-refractivity contribution in [2.45, 2.75) is 6.10 Å². The van der Waals surface area contributed by atoms with Gasteiger partial charge >= 0.3 is 5.97 Å². The smallest absolute Gasteiger partial charge is 0.329 e. The topological polar surface area (TPSA) is 87.0 Å². The van der Waals surface area contributed by atoms with Crippen LogP contribution in [0, 0.1) is 0 Å². The average molecular weight is 178 g/mol. The number of aliphatic hydroxyl groups is 3. The molecule has 0 rings (SSSR count). The SMILES string of the molecule is C=CC(=O)OC.OCC(O)CO. The van der Waals surface area contributed by atoms with E-state index in [2.05, 4.69) is 11.3 Å². The third kappa shape index (κ3) is 11.8. The minimum Gasteiger partial charge on any atom is -0.466 e. The number of carbonyl (C=O) groups excluding carboxylic acids is 1. The van der Waals surface area contributed by atoms with Crippen molar-refractivity contribution in [3.05, 3.63) is 12.7 Å². The zero-order valence-electron chi connectivity index (χ0n) is 6.93. The van der Waals surface area contributed by atoms with Gasteiger partial charge < -0.3 is 20.1 Å². The molecule has 0 atom stereocenters. The Morgan fingerprint density at radius 3 is 2.00 bits per heavy atom. The Bertz CT molecular complexity index is 119. The molecule has 0 saturated heterocycles. The first-order valence-electron chi connectivity index (χ1n) is 3.22. The molecule has 0 aliphatic carbocycles. The van der Waals surface area contributed by atoms with Crippen molar-refractivity contribution in [1.29, 1.82) is 0 Å². The molecule has 0 fully saturated rings. The van der Waals surface area contributed by atoms with Gasteiger partial charge in [0, 0.05) is 6.08 Å². The van der Waals surface area contributed by atoms with Crippen molar-refractivity contribution < 1.29 is 24.9 Å².